The van der Waals surface area contributed by atoms with Crippen molar-refractivity contribution in [3.63, 3.8) is 0 Å². The van der Waals surface area contributed by atoms with E-state index in [4.69, 9.17) is 4.74 Å². The predicted octanol–water partition coefficient (Wildman–Crippen LogP) is 0.538. The van der Waals surface area contributed by atoms with Crippen LogP contribution in [0.2, 0.25) is 0 Å². The lowest BCUT2D eigenvalue weighted by atomic mass is 10.0. The molecule has 0 spiro atoms. The van der Waals surface area contributed by atoms with E-state index in [0.717, 1.165) is 25.8 Å². The van der Waals surface area contributed by atoms with Crippen LogP contribution in [0.25, 0.3) is 0 Å². The predicted molar refractivity (Wildman–Crippen MR) is 64.5 cm³/mol. The summed E-state index contributed by atoms with van der Waals surface area (Å²) in [5, 5.41) is 2.65. The van der Waals surface area contributed by atoms with Gasteiger partial charge in [0.25, 0.3) is 0 Å². The lowest BCUT2D eigenvalue weighted by Gasteiger charge is -2.33. The number of nitrogens with zero attached hydrogens (tertiary/aromatic N) is 1. The van der Waals surface area contributed by atoms with Crippen molar-refractivity contribution in [2.24, 2.45) is 0 Å². The van der Waals surface area contributed by atoms with Gasteiger partial charge < -0.3 is 10.1 Å². The van der Waals surface area contributed by atoms with Crippen molar-refractivity contribution in [1.82, 2.24) is 10.2 Å². The maximum Gasteiger partial charge on any atom is 0.320 e. The SMILES string of the molecule is CNC(=O)C1CCCCN1CC(=O)OC(C)C. The van der Waals surface area contributed by atoms with E-state index in [2.05, 4.69) is 5.32 Å². The fourth-order valence-corrected chi connectivity index (χ4v) is 2.11. The van der Waals surface area contributed by atoms with E-state index in [0.29, 0.717) is 0 Å². The van der Waals surface area contributed by atoms with E-state index in [1.807, 2.05) is 18.7 Å². The summed E-state index contributed by atoms with van der Waals surface area (Å²) in [7, 11) is 1.63. The summed E-state index contributed by atoms with van der Waals surface area (Å²) in [4.78, 5) is 25.2. The number of carbonyl (C=O) groups excluding carboxylic acids is 2. The number of nitrogens with one attached hydrogen (secondary N) is 1. The average Bonchev–Trinajstić information content (AvgIpc) is 2.27. The lowest BCUT2D eigenvalue weighted by molar-refractivity contribution is -0.150. The zero-order valence-corrected chi connectivity index (χ0v) is 10.9. The lowest BCUT2D eigenvalue weighted by Crippen LogP contribution is -2.50. The molecule has 1 amide bonds. The molecule has 0 radical (unpaired) electrons. The molecular formula is C12H22N2O3. The number of piperidine rings is 1. The van der Waals surface area contributed by atoms with E-state index < -0.39 is 0 Å². The number of hydrogen-bond donors (Lipinski definition) is 1. The van der Waals surface area contributed by atoms with Gasteiger partial charge in [0, 0.05) is 7.05 Å². The average molecular weight is 242 g/mol. The van der Waals surface area contributed by atoms with Crippen LogP contribution >= 0.6 is 0 Å². The highest BCUT2D eigenvalue weighted by atomic mass is 16.5. The van der Waals surface area contributed by atoms with Crippen molar-refractivity contribution in [2.45, 2.75) is 45.3 Å². The monoisotopic (exact) mass is 242 g/mol. The van der Waals surface area contributed by atoms with Crippen molar-refractivity contribution < 1.29 is 14.3 Å². The van der Waals surface area contributed by atoms with E-state index in [-0.39, 0.29) is 30.6 Å². The first kappa shape index (κ1) is 14.0. The van der Waals surface area contributed by atoms with Crippen LogP contribution in [0.3, 0.4) is 0 Å². The maximum absolute atomic E-state index is 11.7. The van der Waals surface area contributed by atoms with Gasteiger partial charge in [-0.3, -0.25) is 14.5 Å². The molecule has 1 unspecified atom stereocenters. The minimum atomic E-state index is -0.254. The molecule has 98 valence electrons. The smallest absolute Gasteiger partial charge is 0.320 e. The Hall–Kier alpha value is -1.10. The Morgan fingerprint density at radius 3 is 2.71 bits per heavy atom. The molecule has 0 bridgehead atoms. The Balaban J connectivity index is 2.53. The van der Waals surface area contributed by atoms with Crippen LogP contribution in [0.4, 0.5) is 0 Å². The number of hydrogen-bond acceptors (Lipinski definition) is 4. The number of likely N-dealkylation sites (N-methyl/N-ethyl adjacent to an activating group) is 1. The first-order valence-electron chi connectivity index (χ1n) is 6.19. The van der Waals surface area contributed by atoms with Gasteiger partial charge in [-0.2, -0.15) is 0 Å². The fourth-order valence-electron chi connectivity index (χ4n) is 2.11. The van der Waals surface area contributed by atoms with Crippen LogP contribution in [-0.2, 0) is 14.3 Å². The van der Waals surface area contributed by atoms with Crippen LogP contribution in [-0.4, -0.2) is 49.1 Å². The third-order valence-electron chi connectivity index (χ3n) is 2.86. The molecule has 1 aliphatic heterocycles. The van der Waals surface area contributed by atoms with Crippen LogP contribution in [0, 0.1) is 0 Å². The molecule has 5 heteroatoms. The van der Waals surface area contributed by atoms with Crippen molar-refractivity contribution in [1.29, 1.82) is 0 Å². The first-order chi connectivity index (χ1) is 8.04. The minimum Gasteiger partial charge on any atom is -0.462 e. The molecule has 1 fully saturated rings. The normalized spacial score (nSPS) is 21.3. The van der Waals surface area contributed by atoms with Gasteiger partial charge in [-0.1, -0.05) is 6.42 Å². The fraction of sp³-hybridized carbons (Fsp3) is 0.833. The zero-order chi connectivity index (χ0) is 12.8. The summed E-state index contributed by atoms with van der Waals surface area (Å²) in [5.74, 6) is -0.266. The van der Waals surface area contributed by atoms with Gasteiger partial charge in [-0.15, -0.1) is 0 Å². The number of carbonyl (C=O) groups is 2. The van der Waals surface area contributed by atoms with Crippen LogP contribution in [0.15, 0.2) is 0 Å². The molecule has 17 heavy (non-hydrogen) atoms. The van der Waals surface area contributed by atoms with Gasteiger partial charge in [-0.05, 0) is 33.2 Å². The van der Waals surface area contributed by atoms with Gasteiger partial charge in [0.05, 0.1) is 18.7 Å². The molecule has 0 aliphatic carbocycles. The van der Waals surface area contributed by atoms with Gasteiger partial charge in [0.15, 0.2) is 0 Å². The second kappa shape index (κ2) is 6.59. The van der Waals surface area contributed by atoms with E-state index >= 15 is 0 Å². The van der Waals surface area contributed by atoms with Gasteiger partial charge in [0.2, 0.25) is 5.91 Å². The minimum absolute atomic E-state index is 0.0120. The molecule has 1 heterocycles. The number of ether oxygens (including phenoxy) is 1. The number of likely N-dealkylation sites (tertiary alicyclic amines) is 1. The first-order valence-corrected chi connectivity index (χ1v) is 6.19. The number of amides is 1. The molecule has 1 N–H and O–H groups in total. The van der Waals surface area contributed by atoms with Gasteiger partial charge in [-0.25, -0.2) is 0 Å². The molecule has 5 nitrogen and oxygen atoms in total. The molecule has 0 aromatic rings. The van der Waals surface area contributed by atoms with Crippen molar-refractivity contribution in [2.75, 3.05) is 20.1 Å². The quantitative estimate of drug-likeness (QED) is 0.731. The van der Waals surface area contributed by atoms with Crippen LogP contribution in [0.1, 0.15) is 33.1 Å². The Morgan fingerprint density at radius 2 is 2.12 bits per heavy atom. The van der Waals surface area contributed by atoms with Crippen molar-refractivity contribution in [3.05, 3.63) is 0 Å². The van der Waals surface area contributed by atoms with E-state index in [1.165, 1.54) is 0 Å². The summed E-state index contributed by atoms with van der Waals surface area (Å²) in [6, 6.07) is -0.187. The van der Waals surface area contributed by atoms with E-state index in [1.54, 1.807) is 7.05 Å². The van der Waals surface area contributed by atoms with Gasteiger partial charge >= 0.3 is 5.97 Å². The highest BCUT2D eigenvalue weighted by molar-refractivity contribution is 5.82. The van der Waals surface area contributed by atoms with Crippen LogP contribution < -0.4 is 5.32 Å². The summed E-state index contributed by atoms with van der Waals surface area (Å²) < 4.78 is 5.10. The Bertz CT molecular complexity index is 279. The molecule has 0 aromatic heterocycles. The highest BCUT2D eigenvalue weighted by Crippen LogP contribution is 2.17. The van der Waals surface area contributed by atoms with E-state index in [9.17, 15) is 9.59 Å². The highest BCUT2D eigenvalue weighted by Gasteiger charge is 2.29. The van der Waals surface area contributed by atoms with Crippen molar-refractivity contribution in [3.8, 4) is 0 Å². The molecule has 0 saturated carbocycles. The van der Waals surface area contributed by atoms with Crippen molar-refractivity contribution >= 4 is 11.9 Å². The molecule has 1 saturated heterocycles. The maximum atomic E-state index is 11.7. The summed E-state index contributed by atoms with van der Waals surface area (Å²) >= 11 is 0. The Morgan fingerprint density at radius 1 is 1.41 bits per heavy atom. The summed E-state index contributed by atoms with van der Waals surface area (Å²) in [5.41, 5.74) is 0. The second-order valence-electron chi connectivity index (χ2n) is 4.63. The molecular weight excluding hydrogens is 220 g/mol. The summed E-state index contributed by atoms with van der Waals surface area (Å²) in [6.45, 7) is 4.64. The number of esters is 1. The zero-order valence-electron chi connectivity index (χ0n) is 10.9. The molecule has 1 atom stereocenters. The standard InChI is InChI=1S/C12H22N2O3/c1-9(2)17-11(15)8-14-7-5-4-6-10(14)12(16)13-3/h9-10H,4-8H2,1-3H3,(H,13,16). The van der Waals surface area contributed by atoms with Crippen LogP contribution in [0.5, 0.6) is 0 Å². The molecule has 1 aliphatic rings. The summed E-state index contributed by atoms with van der Waals surface area (Å²) in [6.07, 6.45) is 2.77. The molecule has 1 rings (SSSR count). The Kier molecular flexibility index (Phi) is 5.41. The van der Waals surface area contributed by atoms with Gasteiger partial charge in [0.1, 0.15) is 0 Å². The second-order valence-corrected chi connectivity index (χ2v) is 4.63. The number of rotatable bonds is 4. The third-order valence-corrected chi connectivity index (χ3v) is 2.86. The topological polar surface area (TPSA) is 58.6 Å². The molecule has 0 aromatic carbocycles. The largest absolute Gasteiger partial charge is 0.462 e. The third kappa shape index (κ3) is 4.34. The Labute approximate surface area is 102 Å².